The largest absolute Gasteiger partial charge is 0.307 e. The molecule has 4 aliphatic rings. The first kappa shape index (κ1) is 23.5. The van der Waals surface area contributed by atoms with Crippen LogP contribution < -0.4 is 9.77 Å². The number of rotatable bonds is 2. The second kappa shape index (κ2) is 7.93. The first-order valence-corrected chi connectivity index (χ1v) is 14.8. The van der Waals surface area contributed by atoms with Crippen LogP contribution in [0.5, 0.6) is 0 Å². The molecular formula is C30H30N2O3S2. The number of imide groups is 1. The molecule has 37 heavy (non-hydrogen) atoms. The molecule has 3 heterocycles. The maximum Gasteiger partial charge on any atom is 0.305 e. The lowest BCUT2D eigenvalue weighted by Gasteiger charge is -2.43. The number of nitrogens with one attached hydrogen (secondary N) is 1. The minimum absolute atomic E-state index is 0.0287. The highest BCUT2D eigenvalue weighted by Gasteiger charge is 2.69. The number of fused-ring (bicyclic) bond motifs is 9. The molecule has 3 aromatic rings. The van der Waals surface area contributed by atoms with Crippen LogP contribution in [0.25, 0.3) is 0 Å². The zero-order valence-corrected chi connectivity index (χ0v) is 23.0. The van der Waals surface area contributed by atoms with E-state index in [0.29, 0.717) is 5.69 Å². The smallest absolute Gasteiger partial charge is 0.305 e. The molecular weight excluding hydrogens is 500 g/mol. The Kier molecular flexibility index (Phi) is 5.03. The first-order chi connectivity index (χ1) is 17.6. The quantitative estimate of drug-likeness (QED) is 0.430. The topological polar surface area (TPSA) is 70.2 Å². The van der Waals surface area contributed by atoms with Crippen molar-refractivity contribution in [2.75, 3.05) is 4.90 Å². The molecule has 0 spiro atoms. The SMILES string of the molecule is Cc1ccc(N2C(=O)[C@@H]3[C@H]4C[C@@H]([C@@H]3C2=O)[C@@H]2[C@H](c3ccc(C(C)(C)C)cc3)c3sc(=O)[nH]c3S[C@@H]42)cc1. The number of thioether (sulfide) groups is 1. The van der Waals surface area contributed by atoms with Crippen LogP contribution in [-0.2, 0) is 15.0 Å². The van der Waals surface area contributed by atoms with Crippen molar-refractivity contribution in [3.63, 3.8) is 0 Å². The molecule has 2 aliphatic carbocycles. The van der Waals surface area contributed by atoms with Gasteiger partial charge in [0.1, 0.15) is 0 Å². The van der Waals surface area contributed by atoms with E-state index in [1.807, 2.05) is 31.2 Å². The predicted molar refractivity (Wildman–Crippen MR) is 147 cm³/mol. The highest BCUT2D eigenvalue weighted by Crippen LogP contribution is 2.68. The van der Waals surface area contributed by atoms with Crippen LogP contribution in [0, 0.1) is 36.5 Å². The molecule has 190 valence electrons. The molecule has 0 radical (unpaired) electrons. The second-order valence-corrected chi connectivity index (χ2v) is 14.4. The number of amides is 2. The number of nitrogens with zero attached hydrogens (tertiary/aromatic N) is 1. The van der Waals surface area contributed by atoms with Crippen molar-refractivity contribution in [1.82, 2.24) is 4.98 Å². The summed E-state index contributed by atoms with van der Waals surface area (Å²) in [7, 11) is 0. The van der Waals surface area contributed by atoms with Gasteiger partial charge in [-0.05, 0) is 59.8 Å². The van der Waals surface area contributed by atoms with Gasteiger partial charge in [0.05, 0.1) is 22.5 Å². The van der Waals surface area contributed by atoms with Gasteiger partial charge in [0.25, 0.3) is 0 Å². The van der Waals surface area contributed by atoms with Gasteiger partial charge in [-0.2, -0.15) is 0 Å². The van der Waals surface area contributed by atoms with Gasteiger partial charge in [-0.1, -0.05) is 74.1 Å². The summed E-state index contributed by atoms with van der Waals surface area (Å²) < 4.78 is 0. The second-order valence-electron chi connectivity index (χ2n) is 12.2. The summed E-state index contributed by atoms with van der Waals surface area (Å²) >= 11 is 3.05. The van der Waals surface area contributed by atoms with Crippen LogP contribution in [0.2, 0.25) is 0 Å². The third-order valence-corrected chi connectivity index (χ3v) is 11.7. The molecule has 3 fully saturated rings. The molecule has 1 N–H and O–H groups in total. The summed E-state index contributed by atoms with van der Waals surface area (Å²) in [5, 5.41) is 1.17. The number of H-pyrrole nitrogens is 1. The highest BCUT2D eigenvalue weighted by molar-refractivity contribution is 8.00. The molecule has 2 saturated carbocycles. The zero-order chi connectivity index (χ0) is 25.8. The summed E-state index contributed by atoms with van der Waals surface area (Å²) in [6.45, 7) is 8.64. The third kappa shape index (κ3) is 3.32. The number of aryl methyl sites for hydroxylation is 1. The van der Waals surface area contributed by atoms with Crippen LogP contribution in [0.15, 0.2) is 58.4 Å². The molecule has 7 rings (SSSR count). The summed E-state index contributed by atoms with van der Waals surface area (Å²) in [6, 6.07) is 16.5. The van der Waals surface area contributed by atoms with Gasteiger partial charge in [0, 0.05) is 16.0 Å². The Morgan fingerprint density at radius 3 is 2.19 bits per heavy atom. The Labute approximate surface area is 224 Å². The van der Waals surface area contributed by atoms with Crippen LogP contribution in [-0.4, -0.2) is 22.0 Å². The minimum Gasteiger partial charge on any atom is -0.307 e. The minimum atomic E-state index is -0.269. The van der Waals surface area contributed by atoms with Crippen LogP contribution in [0.4, 0.5) is 5.69 Å². The Hall–Kier alpha value is -2.64. The van der Waals surface area contributed by atoms with E-state index in [-0.39, 0.29) is 62.9 Å². The van der Waals surface area contributed by atoms with Crippen LogP contribution in [0.1, 0.15) is 54.7 Å². The van der Waals surface area contributed by atoms with Crippen LogP contribution >= 0.6 is 23.1 Å². The number of aromatic nitrogens is 1. The van der Waals surface area contributed by atoms with E-state index in [1.165, 1.54) is 27.4 Å². The molecule has 2 amide bonds. The van der Waals surface area contributed by atoms with Crippen molar-refractivity contribution in [3.8, 4) is 0 Å². The lowest BCUT2D eigenvalue weighted by molar-refractivity contribution is -0.123. The fourth-order valence-electron chi connectivity index (χ4n) is 7.53. The fraction of sp³-hybridized carbons (Fsp3) is 0.433. The lowest BCUT2D eigenvalue weighted by Crippen LogP contribution is -2.42. The summed E-state index contributed by atoms with van der Waals surface area (Å²) in [5.74, 6) is -0.0397. The van der Waals surface area contributed by atoms with Gasteiger partial charge < -0.3 is 4.98 Å². The highest BCUT2D eigenvalue weighted by atomic mass is 32.2. The van der Waals surface area contributed by atoms with E-state index in [2.05, 4.69) is 50.0 Å². The van der Waals surface area contributed by atoms with Gasteiger partial charge in [0.15, 0.2) is 0 Å². The Morgan fingerprint density at radius 1 is 0.892 bits per heavy atom. The van der Waals surface area contributed by atoms with E-state index in [0.717, 1.165) is 21.9 Å². The van der Waals surface area contributed by atoms with Gasteiger partial charge in [-0.15, -0.1) is 11.8 Å². The maximum atomic E-state index is 13.8. The van der Waals surface area contributed by atoms with Gasteiger partial charge in [-0.25, -0.2) is 0 Å². The zero-order valence-electron chi connectivity index (χ0n) is 21.4. The van der Waals surface area contributed by atoms with E-state index in [9.17, 15) is 14.4 Å². The molecule has 0 unspecified atom stereocenters. The van der Waals surface area contributed by atoms with Crippen molar-refractivity contribution in [2.24, 2.45) is 29.6 Å². The monoisotopic (exact) mass is 530 g/mol. The average molecular weight is 531 g/mol. The number of thiazole rings is 1. The molecule has 1 aromatic heterocycles. The lowest BCUT2D eigenvalue weighted by atomic mass is 9.68. The Morgan fingerprint density at radius 2 is 1.54 bits per heavy atom. The van der Waals surface area contributed by atoms with Crippen molar-refractivity contribution in [3.05, 3.63) is 79.8 Å². The number of carbonyl (C=O) groups excluding carboxylic acids is 2. The average Bonchev–Trinajstić information content (AvgIpc) is 3.58. The van der Waals surface area contributed by atoms with E-state index in [4.69, 9.17) is 0 Å². The predicted octanol–water partition coefficient (Wildman–Crippen LogP) is 5.72. The van der Waals surface area contributed by atoms with E-state index >= 15 is 0 Å². The Bertz CT molecular complexity index is 1480. The maximum absolute atomic E-state index is 13.8. The number of aromatic amines is 1. The van der Waals surface area contributed by atoms with Gasteiger partial charge in [0.2, 0.25) is 11.8 Å². The number of anilines is 1. The normalized spacial score (nSPS) is 32.0. The standard InChI is InChI=1S/C30H30N2O3S2/c1-14-5-11-17(12-6-14)32-27(33)22-18-13-19(23(22)28(32)34)24-21(18)20(25-26(36-24)31-29(35)37-25)15-7-9-16(10-8-15)30(2,3)4/h5-12,18-24H,13H2,1-4H3,(H,31,35)/t18-,19-,20+,21-,22+,23-,24+/m1/s1. The first-order valence-electron chi connectivity index (χ1n) is 13.1. The van der Waals surface area contributed by atoms with Crippen molar-refractivity contribution in [2.45, 2.75) is 55.7 Å². The van der Waals surface area contributed by atoms with Crippen molar-refractivity contribution < 1.29 is 9.59 Å². The van der Waals surface area contributed by atoms with E-state index in [1.54, 1.807) is 11.8 Å². The number of hydrogen-bond donors (Lipinski definition) is 1. The van der Waals surface area contributed by atoms with Crippen molar-refractivity contribution >= 4 is 40.6 Å². The molecule has 7 atom stereocenters. The number of benzene rings is 2. The molecule has 2 aromatic carbocycles. The third-order valence-electron chi connectivity index (χ3n) is 9.15. The molecule has 2 aliphatic heterocycles. The Balaban J connectivity index is 1.30. The number of hydrogen-bond acceptors (Lipinski definition) is 5. The van der Waals surface area contributed by atoms with E-state index < -0.39 is 0 Å². The molecule has 5 nitrogen and oxygen atoms in total. The summed E-state index contributed by atoms with van der Waals surface area (Å²) in [4.78, 5) is 45.6. The van der Waals surface area contributed by atoms with Gasteiger partial charge >= 0.3 is 4.87 Å². The summed E-state index contributed by atoms with van der Waals surface area (Å²) in [6.07, 6.45) is 0.909. The van der Waals surface area contributed by atoms with Crippen molar-refractivity contribution in [1.29, 1.82) is 0 Å². The molecule has 1 saturated heterocycles. The van der Waals surface area contributed by atoms with Gasteiger partial charge in [-0.3, -0.25) is 19.3 Å². The van der Waals surface area contributed by atoms with Crippen LogP contribution in [0.3, 0.4) is 0 Å². The molecule has 7 heteroatoms. The number of carbonyl (C=O) groups is 2. The summed E-state index contributed by atoms with van der Waals surface area (Å²) in [5.41, 5.74) is 4.33. The fourth-order valence-corrected chi connectivity index (χ4v) is 10.4. The molecule has 2 bridgehead atoms.